The van der Waals surface area contributed by atoms with Crippen LogP contribution in [0.1, 0.15) is 15.2 Å². The Morgan fingerprint density at radius 3 is 2.89 bits per heavy atom. The number of anilines is 2. The third-order valence-corrected chi connectivity index (χ3v) is 4.25. The maximum absolute atomic E-state index is 12.4. The molecule has 1 aliphatic heterocycles. The van der Waals surface area contributed by atoms with Crippen LogP contribution in [0.2, 0.25) is 4.34 Å². The van der Waals surface area contributed by atoms with Crippen LogP contribution in [0.3, 0.4) is 0 Å². The summed E-state index contributed by atoms with van der Waals surface area (Å²) < 4.78 is 0.634. The van der Waals surface area contributed by atoms with Crippen molar-refractivity contribution >= 4 is 40.2 Å². The summed E-state index contributed by atoms with van der Waals surface area (Å²) in [5.41, 5.74) is 8.57. The second-order valence-electron chi connectivity index (χ2n) is 4.20. The summed E-state index contributed by atoms with van der Waals surface area (Å²) >= 11 is 7.17. The lowest BCUT2D eigenvalue weighted by molar-refractivity contribution is 0.0993. The zero-order valence-corrected chi connectivity index (χ0v) is 11.1. The fourth-order valence-electron chi connectivity index (χ4n) is 2.19. The molecule has 0 saturated heterocycles. The Hall–Kier alpha value is -1.52. The van der Waals surface area contributed by atoms with Crippen LogP contribution < -0.4 is 10.6 Å². The Balaban J connectivity index is 1.95. The number of nitrogens with zero attached hydrogens (tertiary/aromatic N) is 1. The van der Waals surface area contributed by atoms with Gasteiger partial charge in [-0.3, -0.25) is 4.79 Å². The third-order valence-electron chi connectivity index (χ3n) is 3.03. The summed E-state index contributed by atoms with van der Waals surface area (Å²) in [7, 11) is 0. The minimum atomic E-state index is 0.00965. The molecular weight excluding hydrogens is 268 g/mol. The van der Waals surface area contributed by atoms with Crippen LogP contribution >= 0.6 is 22.9 Å². The number of rotatable bonds is 1. The molecule has 5 heteroatoms. The van der Waals surface area contributed by atoms with Crippen molar-refractivity contribution in [2.75, 3.05) is 17.2 Å². The lowest BCUT2D eigenvalue weighted by atomic mass is 10.1. The molecule has 0 unspecified atom stereocenters. The number of amides is 1. The molecule has 1 aromatic heterocycles. The van der Waals surface area contributed by atoms with E-state index in [1.54, 1.807) is 17.0 Å². The monoisotopic (exact) mass is 278 g/mol. The second-order valence-corrected chi connectivity index (χ2v) is 5.91. The van der Waals surface area contributed by atoms with E-state index in [0.29, 0.717) is 15.8 Å². The number of carbonyl (C=O) groups excluding carboxylic acids is 1. The van der Waals surface area contributed by atoms with Gasteiger partial charge in [-0.2, -0.15) is 0 Å². The lowest BCUT2D eigenvalue weighted by Gasteiger charge is -2.16. The smallest absolute Gasteiger partial charge is 0.268 e. The number of hydrogen-bond acceptors (Lipinski definition) is 3. The summed E-state index contributed by atoms with van der Waals surface area (Å²) in [6.45, 7) is 0.702. The van der Waals surface area contributed by atoms with Gasteiger partial charge in [0.25, 0.3) is 5.91 Å². The molecule has 0 spiro atoms. The topological polar surface area (TPSA) is 46.3 Å². The number of fused-ring (bicyclic) bond motifs is 1. The number of carbonyl (C=O) groups is 1. The first-order chi connectivity index (χ1) is 8.65. The van der Waals surface area contributed by atoms with Crippen molar-refractivity contribution in [2.24, 2.45) is 0 Å². The molecule has 18 heavy (non-hydrogen) atoms. The number of hydrogen-bond donors (Lipinski definition) is 1. The van der Waals surface area contributed by atoms with Crippen molar-refractivity contribution in [3.63, 3.8) is 0 Å². The van der Waals surface area contributed by atoms with Crippen molar-refractivity contribution < 1.29 is 4.79 Å². The molecule has 1 aliphatic rings. The molecule has 3 nitrogen and oxygen atoms in total. The highest BCUT2D eigenvalue weighted by atomic mass is 35.5. The van der Waals surface area contributed by atoms with Gasteiger partial charge in [0.05, 0.1) is 9.21 Å². The van der Waals surface area contributed by atoms with Gasteiger partial charge in [-0.25, -0.2) is 0 Å². The van der Waals surface area contributed by atoms with E-state index < -0.39 is 0 Å². The standard InChI is InChI=1S/C13H11ClN2OS/c14-12-4-3-11(18-12)13(17)16-6-5-8-7-9(15)1-2-10(8)16/h1-4,7H,5-6,15H2. The van der Waals surface area contributed by atoms with Crippen LogP contribution in [-0.2, 0) is 6.42 Å². The molecule has 1 aromatic carbocycles. The van der Waals surface area contributed by atoms with Crippen molar-refractivity contribution in [2.45, 2.75) is 6.42 Å². The molecule has 2 N–H and O–H groups in total. The average molecular weight is 279 g/mol. The Morgan fingerprint density at radius 1 is 1.33 bits per heavy atom. The first-order valence-electron chi connectivity index (χ1n) is 5.61. The summed E-state index contributed by atoms with van der Waals surface area (Å²) in [5, 5.41) is 0. The van der Waals surface area contributed by atoms with Crippen LogP contribution in [0, 0.1) is 0 Å². The first kappa shape index (κ1) is 11.6. The van der Waals surface area contributed by atoms with E-state index in [4.69, 9.17) is 17.3 Å². The molecule has 0 aliphatic carbocycles. The molecule has 1 amide bonds. The van der Waals surface area contributed by atoms with Gasteiger partial charge in [-0.15, -0.1) is 11.3 Å². The van der Waals surface area contributed by atoms with E-state index in [0.717, 1.165) is 23.4 Å². The quantitative estimate of drug-likeness (QED) is 0.815. The van der Waals surface area contributed by atoms with Gasteiger partial charge in [0, 0.05) is 17.9 Å². The Bertz CT molecular complexity index is 623. The van der Waals surface area contributed by atoms with Crippen molar-refractivity contribution in [3.8, 4) is 0 Å². The first-order valence-corrected chi connectivity index (χ1v) is 6.80. The molecule has 2 heterocycles. The molecule has 0 radical (unpaired) electrons. The van der Waals surface area contributed by atoms with E-state index in [-0.39, 0.29) is 5.91 Å². The van der Waals surface area contributed by atoms with Crippen molar-refractivity contribution in [1.82, 2.24) is 0 Å². The van der Waals surface area contributed by atoms with Crippen molar-refractivity contribution in [1.29, 1.82) is 0 Å². The van der Waals surface area contributed by atoms with Gasteiger partial charge in [0.1, 0.15) is 0 Å². The van der Waals surface area contributed by atoms with E-state index in [1.165, 1.54) is 11.3 Å². The van der Waals surface area contributed by atoms with Gasteiger partial charge < -0.3 is 10.6 Å². The van der Waals surface area contributed by atoms with Gasteiger partial charge in [-0.1, -0.05) is 11.6 Å². The zero-order valence-electron chi connectivity index (χ0n) is 9.52. The Morgan fingerprint density at radius 2 is 2.17 bits per heavy atom. The molecule has 0 saturated carbocycles. The van der Waals surface area contributed by atoms with Crippen LogP contribution in [0.15, 0.2) is 30.3 Å². The largest absolute Gasteiger partial charge is 0.399 e. The van der Waals surface area contributed by atoms with Crippen LogP contribution in [0.25, 0.3) is 0 Å². The van der Waals surface area contributed by atoms with Crippen LogP contribution in [-0.4, -0.2) is 12.5 Å². The van der Waals surface area contributed by atoms with E-state index in [1.807, 2.05) is 18.2 Å². The normalized spacial score (nSPS) is 13.7. The molecule has 0 bridgehead atoms. The molecule has 0 fully saturated rings. The maximum Gasteiger partial charge on any atom is 0.268 e. The van der Waals surface area contributed by atoms with E-state index in [9.17, 15) is 4.79 Å². The number of benzene rings is 1. The summed E-state index contributed by atoms with van der Waals surface area (Å²) in [4.78, 5) is 14.8. The maximum atomic E-state index is 12.4. The van der Waals surface area contributed by atoms with E-state index >= 15 is 0 Å². The van der Waals surface area contributed by atoms with Gasteiger partial charge >= 0.3 is 0 Å². The average Bonchev–Trinajstić information content (AvgIpc) is 2.94. The van der Waals surface area contributed by atoms with Crippen molar-refractivity contribution in [3.05, 3.63) is 45.1 Å². The minimum Gasteiger partial charge on any atom is -0.399 e. The Labute approximate surface area is 114 Å². The molecular formula is C13H11ClN2OS. The van der Waals surface area contributed by atoms with Crippen LogP contribution in [0.5, 0.6) is 0 Å². The SMILES string of the molecule is Nc1ccc2c(c1)CCN2C(=O)c1ccc(Cl)s1. The Kier molecular flexibility index (Phi) is 2.76. The number of nitrogen functional groups attached to an aromatic ring is 1. The predicted molar refractivity (Wildman–Crippen MR) is 75.6 cm³/mol. The third kappa shape index (κ3) is 1.87. The molecule has 3 rings (SSSR count). The number of nitrogens with two attached hydrogens (primary N) is 1. The zero-order chi connectivity index (χ0) is 12.7. The fourth-order valence-corrected chi connectivity index (χ4v) is 3.19. The summed E-state index contributed by atoms with van der Waals surface area (Å²) in [6, 6.07) is 9.19. The highest BCUT2D eigenvalue weighted by Crippen LogP contribution is 2.32. The molecule has 92 valence electrons. The molecule has 2 aromatic rings. The molecule has 0 atom stereocenters. The van der Waals surface area contributed by atoms with Gasteiger partial charge in [0.2, 0.25) is 0 Å². The summed E-state index contributed by atoms with van der Waals surface area (Å²) in [6.07, 6.45) is 0.852. The predicted octanol–water partition coefficient (Wildman–Crippen LogP) is 3.19. The highest BCUT2D eigenvalue weighted by Gasteiger charge is 2.26. The minimum absolute atomic E-state index is 0.00965. The number of thiophene rings is 1. The second kappa shape index (κ2) is 4.30. The summed E-state index contributed by atoms with van der Waals surface area (Å²) in [5.74, 6) is 0.00965. The number of halogens is 1. The highest BCUT2D eigenvalue weighted by molar-refractivity contribution is 7.18. The van der Waals surface area contributed by atoms with Gasteiger partial charge in [-0.05, 0) is 42.3 Å². The van der Waals surface area contributed by atoms with Gasteiger partial charge in [0.15, 0.2) is 0 Å². The lowest BCUT2D eigenvalue weighted by Crippen LogP contribution is -2.28. The van der Waals surface area contributed by atoms with Crippen LogP contribution in [0.4, 0.5) is 11.4 Å². The van der Waals surface area contributed by atoms with E-state index in [2.05, 4.69) is 0 Å². The fraction of sp³-hybridized carbons (Fsp3) is 0.154.